The summed E-state index contributed by atoms with van der Waals surface area (Å²) in [4.78, 5) is 21.6. The summed E-state index contributed by atoms with van der Waals surface area (Å²) in [6.45, 7) is 5.71. The summed E-state index contributed by atoms with van der Waals surface area (Å²) in [5.74, 6) is 0.0638. The highest BCUT2D eigenvalue weighted by molar-refractivity contribution is 7.09. The SMILES string of the molecule is Cl.Cl.NCc1nc(C(=O)N2CCCCC2CN2CCOCC2)cs1. The molecule has 1 aromatic rings. The third-order valence-electron chi connectivity index (χ3n) is 4.41. The van der Waals surface area contributed by atoms with E-state index in [2.05, 4.69) is 9.88 Å². The molecule has 24 heavy (non-hydrogen) atoms. The molecular weight excluding hydrogens is 371 g/mol. The van der Waals surface area contributed by atoms with Gasteiger partial charge in [-0.1, -0.05) is 0 Å². The highest BCUT2D eigenvalue weighted by atomic mass is 35.5. The molecule has 2 N–H and O–H groups in total. The van der Waals surface area contributed by atoms with E-state index in [1.54, 1.807) is 0 Å². The van der Waals surface area contributed by atoms with Crippen molar-refractivity contribution in [3.05, 3.63) is 16.1 Å². The van der Waals surface area contributed by atoms with Crippen LogP contribution < -0.4 is 5.73 Å². The molecule has 2 aliphatic rings. The summed E-state index contributed by atoms with van der Waals surface area (Å²) in [5.41, 5.74) is 6.15. The number of likely N-dealkylation sites (tertiary alicyclic amines) is 1. The van der Waals surface area contributed by atoms with Crippen molar-refractivity contribution in [3.8, 4) is 0 Å². The number of hydrogen-bond acceptors (Lipinski definition) is 6. The molecule has 3 rings (SSSR count). The lowest BCUT2D eigenvalue weighted by molar-refractivity contribution is 0.0165. The Morgan fingerprint density at radius 3 is 2.71 bits per heavy atom. The van der Waals surface area contributed by atoms with E-state index in [0.717, 1.165) is 57.2 Å². The van der Waals surface area contributed by atoms with Crippen LogP contribution in [0.25, 0.3) is 0 Å². The predicted molar refractivity (Wildman–Crippen MR) is 100 cm³/mol. The molecule has 2 aliphatic heterocycles. The second-order valence-electron chi connectivity index (χ2n) is 5.89. The van der Waals surface area contributed by atoms with Crippen molar-refractivity contribution in [2.24, 2.45) is 5.73 Å². The third kappa shape index (κ3) is 5.28. The number of thiazole rings is 1. The summed E-state index contributed by atoms with van der Waals surface area (Å²) < 4.78 is 5.40. The average Bonchev–Trinajstić information content (AvgIpc) is 3.05. The van der Waals surface area contributed by atoms with E-state index in [-0.39, 0.29) is 30.7 Å². The van der Waals surface area contributed by atoms with Crippen LogP contribution in [0.1, 0.15) is 34.8 Å². The summed E-state index contributed by atoms with van der Waals surface area (Å²) in [6.07, 6.45) is 3.36. The van der Waals surface area contributed by atoms with Crippen molar-refractivity contribution in [2.45, 2.75) is 31.8 Å². The van der Waals surface area contributed by atoms with Gasteiger partial charge < -0.3 is 15.4 Å². The van der Waals surface area contributed by atoms with E-state index in [4.69, 9.17) is 10.5 Å². The normalized spacial score (nSPS) is 21.7. The fourth-order valence-corrected chi connectivity index (χ4v) is 3.84. The molecule has 0 radical (unpaired) electrons. The molecule has 0 saturated carbocycles. The van der Waals surface area contributed by atoms with Crippen molar-refractivity contribution in [3.63, 3.8) is 0 Å². The quantitative estimate of drug-likeness (QED) is 0.839. The van der Waals surface area contributed by atoms with Gasteiger partial charge in [-0.25, -0.2) is 4.98 Å². The Kier molecular flexibility index (Phi) is 9.48. The van der Waals surface area contributed by atoms with Gasteiger partial charge >= 0.3 is 0 Å². The molecule has 0 aliphatic carbocycles. The average molecular weight is 397 g/mol. The minimum Gasteiger partial charge on any atom is -0.379 e. The molecule has 138 valence electrons. The van der Waals surface area contributed by atoms with Gasteiger partial charge in [0, 0.05) is 44.1 Å². The van der Waals surface area contributed by atoms with Gasteiger partial charge in [0.05, 0.1) is 13.2 Å². The van der Waals surface area contributed by atoms with Crippen LogP contribution in [-0.4, -0.2) is 66.1 Å². The van der Waals surface area contributed by atoms with Gasteiger partial charge in [0.2, 0.25) is 0 Å². The first-order valence-electron chi connectivity index (χ1n) is 8.03. The van der Waals surface area contributed by atoms with E-state index >= 15 is 0 Å². The second kappa shape index (κ2) is 10.5. The van der Waals surface area contributed by atoms with Crippen LogP contribution in [-0.2, 0) is 11.3 Å². The smallest absolute Gasteiger partial charge is 0.273 e. The number of nitrogens with two attached hydrogens (primary N) is 1. The van der Waals surface area contributed by atoms with Crippen LogP contribution in [0.2, 0.25) is 0 Å². The van der Waals surface area contributed by atoms with E-state index in [1.165, 1.54) is 17.8 Å². The number of morpholine rings is 1. The maximum Gasteiger partial charge on any atom is 0.273 e. The molecule has 1 amide bonds. The molecule has 1 aromatic heterocycles. The first kappa shape index (κ1) is 21.6. The molecular formula is C15H26Cl2N4O2S. The zero-order valence-electron chi connectivity index (χ0n) is 13.7. The first-order valence-corrected chi connectivity index (χ1v) is 8.91. The van der Waals surface area contributed by atoms with E-state index in [0.29, 0.717) is 18.3 Å². The second-order valence-corrected chi connectivity index (χ2v) is 6.83. The van der Waals surface area contributed by atoms with Crippen LogP contribution in [0.3, 0.4) is 0 Å². The standard InChI is InChI=1S/C15H24N4O2S.2ClH/c16-9-14-17-13(11-22-14)15(20)19-4-2-1-3-12(19)10-18-5-7-21-8-6-18;;/h11-12H,1-10,16H2;2*1H. The van der Waals surface area contributed by atoms with Crippen molar-refractivity contribution < 1.29 is 9.53 Å². The van der Waals surface area contributed by atoms with Gasteiger partial charge in [0.15, 0.2) is 0 Å². The lowest BCUT2D eigenvalue weighted by Crippen LogP contribution is -2.51. The summed E-state index contributed by atoms with van der Waals surface area (Å²) >= 11 is 1.47. The minimum atomic E-state index is 0. The zero-order valence-corrected chi connectivity index (χ0v) is 16.1. The number of halogens is 2. The molecule has 0 spiro atoms. The van der Waals surface area contributed by atoms with Crippen molar-refractivity contribution >= 4 is 42.1 Å². The van der Waals surface area contributed by atoms with Crippen LogP contribution in [0, 0.1) is 0 Å². The number of amides is 1. The van der Waals surface area contributed by atoms with Gasteiger partial charge in [-0.2, -0.15) is 0 Å². The van der Waals surface area contributed by atoms with Gasteiger partial charge in [0.1, 0.15) is 10.7 Å². The Morgan fingerprint density at radius 2 is 2.04 bits per heavy atom. The number of carbonyl (C=O) groups excluding carboxylic acids is 1. The highest BCUT2D eigenvalue weighted by Crippen LogP contribution is 2.22. The third-order valence-corrected chi connectivity index (χ3v) is 5.28. The Morgan fingerprint density at radius 1 is 1.29 bits per heavy atom. The van der Waals surface area contributed by atoms with Gasteiger partial charge in [0.25, 0.3) is 5.91 Å². The van der Waals surface area contributed by atoms with Crippen molar-refractivity contribution in [1.29, 1.82) is 0 Å². The fraction of sp³-hybridized carbons (Fsp3) is 0.733. The Bertz CT molecular complexity index is 511. The Balaban J connectivity index is 0.00000144. The molecule has 1 atom stereocenters. The van der Waals surface area contributed by atoms with Crippen molar-refractivity contribution in [1.82, 2.24) is 14.8 Å². The van der Waals surface area contributed by atoms with E-state index in [9.17, 15) is 4.79 Å². The van der Waals surface area contributed by atoms with E-state index in [1.807, 2.05) is 10.3 Å². The largest absolute Gasteiger partial charge is 0.379 e. The van der Waals surface area contributed by atoms with Gasteiger partial charge in [-0.3, -0.25) is 9.69 Å². The highest BCUT2D eigenvalue weighted by Gasteiger charge is 2.30. The molecule has 6 nitrogen and oxygen atoms in total. The number of hydrogen-bond donors (Lipinski definition) is 1. The van der Waals surface area contributed by atoms with Crippen LogP contribution >= 0.6 is 36.2 Å². The zero-order chi connectivity index (χ0) is 15.4. The van der Waals surface area contributed by atoms with Crippen LogP contribution in [0.5, 0.6) is 0 Å². The number of ether oxygens (including phenoxy) is 1. The lowest BCUT2D eigenvalue weighted by Gasteiger charge is -2.39. The number of piperidine rings is 1. The minimum absolute atomic E-state index is 0. The number of carbonyl (C=O) groups is 1. The molecule has 1 unspecified atom stereocenters. The fourth-order valence-electron chi connectivity index (χ4n) is 3.19. The van der Waals surface area contributed by atoms with Gasteiger partial charge in [-0.05, 0) is 19.3 Å². The Labute approximate surface area is 159 Å². The molecule has 3 heterocycles. The summed E-state index contributed by atoms with van der Waals surface area (Å²) in [5, 5.41) is 2.66. The first-order chi connectivity index (χ1) is 10.8. The van der Waals surface area contributed by atoms with E-state index < -0.39 is 0 Å². The van der Waals surface area contributed by atoms with Crippen molar-refractivity contribution in [2.75, 3.05) is 39.4 Å². The molecule has 2 fully saturated rings. The summed E-state index contributed by atoms with van der Waals surface area (Å²) in [7, 11) is 0. The maximum absolute atomic E-state index is 12.8. The van der Waals surface area contributed by atoms with Crippen LogP contribution in [0.4, 0.5) is 0 Å². The van der Waals surface area contributed by atoms with Gasteiger partial charge in [-0.15, -0.1) is 36.2 Å². The van der Waals surface area contributed by atoms with Crippen LogP contribution in [0.15, 0.2) is 5.38 Å². The lowest BCUT2D eigenvalue weighted by atomic mass is 10.0. The topological polar surface area (TPSA) is 71.7 Å². The molecule has 0 bridgehead atoms. The molecule has 0 aromatic carbocycles. The number of nitrogens with zero attached hydrogens (tertiary/aromatic N) is 3. The Hall–Kier alpha value is -0.440. The predicted octanol–water partition coefficient (Wildman–Crippen LogP) is 1.77. The molecule has 9 heteroatoms. The molecule has 2 saturated heterocycles. The number of aromatic nitrogens is 1. The summed E-state index contributed by atoms with van der Waals surface area (Å²) in [6, 6.07) is 0.294. The maximum atomic E-state index is 12.8. The number of rotatable bonds is 4. The monoisotopic (exact) mass is 396 g/mol.